The second-order valence-electron chi connectivity index (χ2n) is 5.02. The molecule has 0 amide bonds. The van der Waals surface area contributed by atoms with Gasteiger partial charge in [0.2, 0.25) is 0 Å². The minimum atomic E-state index is 0.739. The summed E-state index contributed by atoms with van der Waals surface area (Å²) in [6.07, 6.45) is 1.77. The zero-order valence-electron chi connectivity index (χ0n) is 12.4. The summed E-state index contributed by atoms with van der Waals surface area (Å²) in [7, 11) is 3.74. The second-order valence-corrected chi connectivity index (χ2v) is 5.02. The predicted molar refractivity (Wildman–Crippen MR) is 82.8 cm³/mol. The Morgan fingerprint density at radius 2 is 2.05 bits per heavy atom. The molecule has 0 bridgehead atoms. The minimum Gasteiger partial charge on any atom is -0.496 e. The van der Waals surface area contributed by atoms with Crippen LogP contribution in [0.2, 0.25) is 0 Å². The molecular weight excluding hydrogens is 264 g/mol. The third-order valence-electron chi connectivity index (χ3n) is 3.46. The molecule has 3 aromatic rings. The van der Waals surface area contributed by atoms with Crippen LogP contribution in [0.15, 0.2) is 42.6 Å². The number of para-hydroxylation sites is 1. The Bertz CT molecular complexity index is 766. The zero-order chi connectivity index (χ0) is 14.8. The first-order valence-electron chi connectivity index (χ1n) is 6.83. The minimum absolute atomic E-state index is 0.739. The average molecular weight is 282 g/mol. The number of fused-ring (bicyclic) bond motifs is 1. The molecule has 0 radical (unpaired) electrons. The van der Waals surface area contributed by atoms with Crippen LogP contribution in [-0.2, 0) is 6.54 Å². The number of nitrogens with zero attached hydrogens (tertiary/aromatic N) is 4. The summed E-state index contributed by atoms with van der Waals surface area (Å²) in [6, 6.07) is 12.0. The van der Waals surface area contributed by atoms with Crippen molar-refractivity contribution in [1.29, 1.82) is 0 Å². The summed E-state index contributed by atoms with van der Waals surface area (Å²) in [5.74, 6) is 1.90. The van der Waals surface area contributed by atoms with E-state index in [0.29, 0.717) is 0 Å². The quantitative estimate of drug-likeness (QED) is 0.738. The average Bonchev–Trinajstić information content (AvgIpc) is 2.94. The maximum atomic E-state index is 5.42. The lowest BCUT2D eigenvalue weighted by molar-refractivity contribution is 0.409. The van der Waals surface area contributed by atoms with Crippen LogP contribution in [0.1, 0.15) is 11.3 Å². The molecule has 0 aliphatic rings. The van der Waals surface area contributed by atoms with Gasteiger partial charge >= 0.3 is 0 Å². The van der Waals surface area contributed by atoms with Crippen molar-refractivity contribution in [1.82, 2.24) is 14.6 Å². The molecule has 0 unspecified atom stereocenters. The van der Waals surface area contributed by atoms with Crippen molar-refractivity contribution in [2.45, 2.75) is 13.5 Å². The first-order chi connectivity index (χ1) is 10.2. The van der Waals surface area contributed by atoms with Gasteiger partial charge < -0.3 is 9.64 Å². The lowest BCUT2D eigenvalue weighted by Crippen LogP contribution is -2.20. The highest BCUT2D eigenvalue weighted by Crippen LogP contribution is 2.22. The van der Waals surface area contributed by atoms with E-state index in [1.54, 1.807) is 13.3 Å². The fraction of sp³-hybridized carbons (Fsp3) is 0.250. The van der Waals surface area contributed by atoms with Crippen LogP contribution in [0.3, 0.4) is 0 Å². The topological polar surface area (TPSA) is 42.7 Å². The molecule has 0 spiro atoms. The molecule has 21 heavy (non-hydrogen) atoms. The Morgan fingerprint density at radius 3 is 2.86 bits per heavy atom. The lowest BCUT2D eigenvalue weighted by atomic mass is 10.2. The molecule has 5 nitrogen and oxygen atoms in total. The maximum Gasteiger partial charge on any atom is 0.157 e. The summed E-state index contributed by atoms with van der Waals surface area (Å²) in [5, 5.41) is 4.35. The monoisotopic (exact) mass is 282 g/mol. The van der Waals surface area contributed by atoms with Gasteiger partial charge in [0, 0.05) is 37.0 Å². The van der Waals surface area contributed by atoms with Crippen molar-refractivity contribution in [3.8, 4) is 5.75 Å². The number of aromatic nitrogens is 3. The number of aryl methyl sites for hydroxylation is 1. The molecule has 3 rings (SSSR count). The van der Waals surface area contributed by atoms with Gasteiger partial charge in [0.05, 0.1) is 13.3 Å². The summed E-state index contributed by atoms with van der Waals surface area (Å²) in [6.45, 7) is 2.73. The van der Waals surface area contributed by atoms with Crippen molar-refractivity contribution in [2.75, 3.05) is 19.1 Å². The molecule has 0 saturated heterocycles. The number of ether oxygens (including phenoxy) is 1. The Balaban J connectivity index is 1.97. The van der Waals surface area contributed by atoms with Crippen molar-refractivity contribution >= 4 is 11.5 Å². The van der Waals surface area contributed by atoms with E-state index in [1.165, 1.54) is 0 Å². The van der Waals surface area contributed by atoms with Crippen LogP contribution < -0.4 is 9.64 Å². The summed E-state index contributed by atoms with van der Waals surface area (Å²) >= 11 is 0. The number of methoxy groups -OCH3 is 1. The molecule has 0 fully saturated rings. The van der Waals surface area contributed by atoms with E-state index in [2.05, 4.69) is 21.0 Å². The van der Waals surface area contributed by atoms with Crippen LogP contribution in [0.25, 0.3) is 5.65 Å². The van der Waals surface area contributed by atoms with E-state index in [1.807, 2.05) is 48.8 Å². The Hall–Kier alpha value is -2.56. The molecule has 0 saturated carbocycles. The number of rotatable bonds is 4. The van der Waals surface area contributed by atoms with Crippen LogP contribution in [0, 0.1) is 6.92 Å². The molecule has 0 aliphatic heterocycles. The largest absolute Gasteiger partial charge is 0.496 e. The standard InChI is InChI=1S/C16H18N4O/c1-12-10-16(20-15(18-12)8-9-17-20)19(2)11-13-6-4-5-7-14(13)21-3/h4-10H,11H2,1-3H3. The molecular formula is C16H18N4O. The Kier molecular flexibility index (Phi) is 3.48. The number of hydrogen-bond donors (Lipinski definition) is 0. The van der Waals surface area contributed by atoms with Gasteiger partial charge in [-0.25, -0.2) is 4.98 Å². The van der Waals surface area contributed by atoms with Crippen LogP contribution in [0.5, 0.6) is 5.75 Å². The Labute approximate surface area is 123 Å². The molecule has 0 N–H and O–H groups in total. The number of benzene rings is 1. The van der Waals surface area contributed by atoms with Crippen LogP contribution in [-0.4, -0.2) is 28.8 Å². The van der Waals surface area contributed by atoms with Gasteiger partial charge in [-0.05, 0) is 13.0 Å². The third kappa shape index (κ3) is 2.54. The number of anilines is 1. The first-order valence-corrected chi connectivity index (χ1v) is 6.83. The van der Waals surface area contributed by atoms with Gasteiger partial charge in [-0.1, -0.05) is 18.2 Å². The van der Waals surface area contributed by atoms with Gasteiger partial charge in [0.1, 0.15) is 11.6 Å². The van der Waals surface area contributed by atoms with Gasteiger partial charge in [0.15, 0.2) is 5.65 Å². The number of hydrogen-bond acceptors (Lipinski definition) is 4. The van der Waals surface area contributed by atoms with Crippen LogP contribution >= 0.6 is 0 Å². The summed E-state index contributed by atoms with van der Waals surface area (Å²) < 4.78 is 7.27. The van der Waals surface area contributed by atoms with E-state index < -0.39 is 0 Å². The summed E-state index contributed by atoms with van der Waals surface area (Å²) in [5.41, 5.74) is 2.97. The van der Waals surface area contributed by atoms with E-state index >= 15 is 0 Å². The fourth-order valence-electron chi connectivity index (χ4n) is 2.46. The highest BCUT2D eigenvalue weighted by molar-refractivity contribution is 5.51. The van der Waals surface area contributed by atoms with Crippen molar-refractivity contribution in [2.24, 2.45) is 0 Å². The Morgan fingerprint density at radius 1 is 1.24 bits per heavy atom. The summed E-state index contributed by atoms with van der Waals surface area (Å²) in [4.78, 5) is 6.61. The van der Waals surface area contributed by atoms with Crippen molar-refractivity contribution in [3.63, 3.8) is 0 Å². The zero-order valence-corrected chi connectivity index (χ0v) is 12.4. The van der Waals surface area contributed by atoms with Crippen molar-refractivity contribution < 1.29 is 4.74 Å². The fourth-order valence-corrected chi connectivity index (χ4v) is 2.46. The second kappa shape index (κ2) is 5.44. The normalized spacial score (nSPS) is 10.8. The third-order valence-corrected chi connectivity index (χ3v) is 3.46. The van der Waals surface area contributed by atoms with E-state index in [9.17, 15) is 0 Å². The van der Waals surface area contributed by atoms with Crippen molar-refractivity contribution in [3.05, 3.63) is 53.9 Å². The molecule has 1 aromatic carbocycles. The maximum absolute atomic E-state index is 5.42. The van der Waals surface area contributed by atoms with Gasteiger partial charge in [-0.3, -0.25) is 0 Å². The molecule has 2 aromatic heterocycles. The van der Waals surface area contributed by atoms with E-state index in [-0.39, 0.29) is 0 Å². The van der Waals surface area contributed by atoms with Gasteiger partial charge in [-0.15, -0.1) is 0 Å². The lowest BCUT2D eigenvalue weighted by Gasteiger charge is -2.21. The smallest absolute Gasteiger partial charge is 0.157 e. The molecule has 5 heteroatoms. The SMILES string of the molecule is COc1ccccc1CN(C)c1cc(C)nc2ccnn12. The molecule has 108 valence electrons. The molecule has 0 atom stereocenters. The molecule has 0 aliphatic carbocycles. The van der Waals surface area contributed by atoms with Crippen LogP contribution in [0.4, 0.5) is 5.82 Å². The molecule has 2 heterocycles. The van der Waals surface area contributed by atoms with Gasteiger partial charge in [0.25, 0.3) is 0 Å². The first kappa shape index (κ1) is 13.4. The van der Waals surface area contributed by atoms with Gasteiger partial charge in [-0.2, -0.15) is 9.61 Å². The highest BCUT2D eigenvalue weighted by atomic mass is 16.5. The van der Waals surface area contributed by atoms with E-state index in [4.69, 9.17) is 4.74 Å². The highest BCUT2D eigenvalue weighted by Gasteiger charge is 2.11. The van der Waals surface area contributed by atoms with E-state index in [0.717, 1.165) is 35.0 Å². The predicted octanol–water partition coefficient (Wildman–Crippen LogP) is 2.68.